The summed E-state index contributed by atoms with van der Waals surface area (Å²) in [4.78, 5) is 10.2. The predicted molar refractivity (Wildman–Crippen MR) is 40.8 cm³/mol. The largest absolute Gasteiger partial charge is 0.465 e. The van der Waals surface area contributed by atoms with Gasteiger partial charge in [0.1, 0.15) is 0 Å². The Morgan fingerprint density at radius 3 is 2.67 bits per heavy atom. The van der Waals surface area contributed by atoms with E-state index in [-0.39, 0.29) is 18.6 Å². The standard InChI is InChI=1S/C7H13NO4/c9-3-4-1-5(10)2-6(4)8-7(11)12/h4-6,8-10H,1-3H2,(H,11,12). The zero-order valence-electron chi connectivity index (χ0n) is 6.60. The van der Waals surface area contributed by atoms with Crippen LogP contribution in [0.1, 0.15) is 12.8 Å². The van der Waals surface area contributed by atoms with Crippen molar-refractivity contribution in [1.29, 1.82) is 0 Å². The van der Waals surface area contributed by atoms with Gasteiger partial charge in [0.2, 0.25) is 0 Å². The zero-order valence-corrected chi connectivity index (χ0v) is 6.60. The predicted octanol–water partition coefficient (Wildman–Crippen LogP) is -0.614. The molecule has 0 aromatic rings. The maximum Gasteiger partial charge on any atom is 0.404 e. The number of hydrogen-bond donors (Lipinski definition) is 4. The summed E-state index contributed by atoms with van der Waals surface area (Å²) in [6.45, 7) is -0.0813. The number of carboxylic acid groups (broad SMARTS) is 1. The van der Waals surface area contributed by atoms with Gasteiger partial charge in [0.25, 0.3) is 0 Å². The van der Waals surface area contributed by atoms with Crippen LogP contribution in [-0.4, -0.2) is 40.2 Å². The van der Waals surface area contributed by atoms with E-state index >= 15 is 0 Å². The molecule has 0 saturated heterocycles. The average molecular weight is 175 g/mol. The minimum absolute atomic E-state index is 0.0813. The van der Waals surface area contributed by atoms with Gasteiger partial charge >= 0.3 is 6.09 Å². The first kappa shape index (κ1) is 9.28. The lowest BCUT2D eigenvalue weighted by Gasteiger charge is -2.15. The molecule has 5 heteroatoms. The summed E-state index contributed by atoms with van der Waals surface area (Å²) in [6, 6.07) is -0.303. The van der Waals surface area contributed by atoms with Crippen molar-refractivity contribution in [3.05, 3.63) is 0 Å². The summed E-state index contributed by atoms with van der Waals surface area (Å²) in [5.41, 5.74) is 0. The second-order valence-electron chi connectivity index (χ2n) is 3.12. The minimum Gasteiger partial charge on any atom is -0.465 e. The van der Waals surface area contributed by atoms with Crippen LogP contribution in [-0.2, 0) is 0 Å². The molecule has 0 bridgehead atoms. The molecule has 1 saturated carbocycles. The second-order valence-corrected chi connectivity index (χ2v) is 3.12. The van der Waals surface area contributed by atoms with Crippen molar-refractivity contribution in [2.75, 3.05) is 6.61 Å². The Morgan fingerprint density at radius 1 is 1.50 bits per heavy atom. The summed E-state index contributed by atoms with van der Waals surface area (Å²) < 4.78 is 0. The van der Waals surface area contributed by atoms with Crippen molar-refractivity contribution in [3.63, 3.8) is 0 Å². The van der Waals surface area contributed by atoms with Gasteiger partial charge in [-0.2, -0.15) is 0 Å². The molecule has 0 radical (unpaired) electrons. The van der Waals surface area contributed by atoms with E-state index in [4.69, 9.17) is 15.3 Å². The third-order valence-electron chi connectivity index (χ3n) is 2.21. The molecule has 0 spiro atoms. The number of nitrogens with one attached hydrogen (secondary N) is 1. The Hall–Kier alpha value is -0.810. The molecule has 12 heavy (non-hydrogen) atoms. The third-order valence-corrected chi connectivity index (χ3v) is 2.21. The van der Waals surface area contributed by atoms with Crippen LogP contribution in [0.5, 0.6) is 0 Å². The van der Waals surface area contributed by atoms with Gasteiger partial charge in [-0.3, -0.25) is 0 Å². The van der Waals surface area contributed by atoms with E-state index in [2.05, 4.69) is 5.32 Å². The monoisotopic (exact) mass is 175 g/mol. The fraction of sp³-hybridized carbons (Fsp3) is 0.857. The summed E-state index contributed by atoms with van der Waals surface area (Å²) >= 11 is 0. The molecule has 3 unspecified atom stereocenters. The van der Waals surface area contributed by atoms with E-state index in [1.165, 1.54) is 0 Å². The molecule has 70 valence electrons. The smallest absolute Gasteiger partial charge is 0.404 e. The third kappa shape index (κ3) is 2.09. The molecule has 1 amide bonds. The maximum absolute atomic E-state index is 10.2. The van der Waals surface area contributed by atoms with Crippen LogP contribution < -0.4 is 5.32 Å². The van der Waals surface area contributed by atoms with Crippen molar-refractivity contribution in [2.24, 2.45) is 5.92 Å². The molecule has 1 aliphatic rings. The Balaban J connectivity index is 2.46. The number of aliphatic hydroxyl groups excluding tert-OH is 2. The van der Waals surface area contributed by atoms with Crippen LogP contribution in [0.15, 0.2) is 0 Å². The van der Waals surface area contributed by atoms with Gasteiger partial charge in [0.05, 0.1) is 6.10 Å². The van der Waals surface area contributed by atoms with Gasteiger partial charge in [-0.25, -0.2) is 4.79 Å². The van der Waals surface area contributed by atoms with Crippen molar-refractivity contribution in [3.8, 4) is 0 Å². The molecule has 0 heterocycles. The van der Waals surface area contributed by atoms with E-state index in [0.717, 1.165) is 0 Å². The summed E-state index contributed by atoms with van der Waals surface area (Å²) in [5.74, 6) is -0.143. The van der Waals surface area contributed by atoms with Crippen molar-refractivity contribution < 1.29 is 20.1 Å². The number of rotatable bonds is 2. The number of aliphatic hydroxyl groups is 2. The van der Waals surface area contributed by atoms with E-state index in [0.29, 0.717) is 12.8 Å². The van der Waals surface area contributed by atoms with Gasteiger partial charge in [0, 0.05) is 18.6 Å². The molecule has 1 rings (SSSR count). The zero-order chi connectivity index (χ0) is 9.14. The molecule has 1 fully saturated rings. The highest BCUT2D eigenvalue weighted by molar-refractivity contribution is 5.64. The van der Waals surface area contributed by atoms with E-state index in [1.54, 1.807) is 0 Å². The quantitative estimate of drug-likeness (QED) is 0.450. The van der Waals surface area contributed by atoms with Crippen LogP contribution >= 0.6 is 0 Å². The molecule has 5 nitrogen and oxygen atoms in total. The summed E-state index contributed by atoms with van der Waals surface area (Å²) in [5, 5.41) is 28.7. The summed E-state index contributed by atoms with van der Waals surface area (Å²) in [7, 11) is 0. The van der Waals surface area contributed by atoms with Crippen LogP contribution in [0.4, 0.5) is 4.79 Å². The number of hydrogen-bond acceptors (Lipinski definition) is 3. The Bertz CT molecular complexity index is 173. The molecular formula is C7H13NO4. The number of carbonyl (C=O) groups is 1. The van der Waals surface area contributed by atoms with Crippen molar-refractivity contribution in [1.82, 2.24) is 5.32 Å². The first-order chi connectivity index (χ1) is 5.63. The van der Waals surface area contributed by atoms with Gasteiger partial charge in [-0.1, -0.05) is 0 Å². The topological polar surface area (TPSA) is 89.8 Å². The molecule has 0 aromatic carbocycles. The van der Waals surface area contributed by atoms with Gasteiger partial charge in [0.15, 0.2) is 0 Å². The van der Waals surface area contributed by atoms with E-state index in [1.807, 2.05) is 0 Å². The summed E-state index contributed by atoms with van der Waals surface area (Å²) in [6.07, 6.45) is -0.717. The van der Waals surface area contributed by atoms with Crippen LogP contribution in [0.3, 0.4) is 0 Å². The Labute approximate surface area is 70.0 Å². The fourth-order valence-corrected chi connectivity index (χ4v) is 1.63. The highest BCUT2D eigenvalue weighted by Gasteiger charge is 2.33. The van der Waals surface area contributed by atoms with Gasteiger partial charge < -0.3 is 20.6 Å². The van der Waals surface area contributed by atoms with Crippen LogP contribution in [0.25, 0.3) is 0 Å². The number of amides is 1. The fourth-order valence-electron chi connectivity index (χ4n) is 1.63. The van der Waals surface area contributed by atoms with E-state index < -0.39 is 12.2 Å². The second kappa shape index (κ2) is 3.73. The highest BCUT2D eigenvalue weighted by Crippen LogP contribution is 2.25. The SMILES string of the molecule is O=C(O)NC1CC(O)CC1CO. The Kier molecular flexibility index (Phi) is 2.88. The Morgan fingerprint density at radius 2 is 2.17 bits per heavy atom. The molecule has 4 N–H and O–H groups in total. The normalized spacial score (nSPS) is 35.0. The van der Waals surface area contributed by atoms with Gasteiger partial charge in [-0.15, -0.1) is 0 Å². The minimum atomic E-state index is -1.10. The van der Waals surface area contributed by atoms with E-state index in [9.17, 15) is 4.79 Å². The first-order valence-electron chi connectivity index (χ1n) is 3.92. The maximum atomic E-state index is 10.2. The first-order valence-corrected chi connectivity index (χ1v) is 3.92. The van der Waals surface area contributed by atoms with Crippen LogP contribution in [0.2, 0.25) is 0 Å². The molecule has 0 aromatic heterocycles. The lowest BCUT2D eigenvalue weighted by atomic mass is 10.1. The molecular weight excluding hydrogens is 162 g/mol. The molecule has 3 atom stereocenters. The lowest BCUT2D eigenvalue weighted by Crippen LogP contribution is -2.37. The van der Waals surface area contributed by atoms with Crippen molar-refractivity contribution >= 4 is 6.09 Å². The van der Waals surface area contributed by atoms with Gasteiger partial charge in [-0.05, 0) is 12.8 Å². The van der Waals surface area contributed by atoms with Crippen molar-refractivity contribution in [2.45, 2.75) is 25.0 Å². The molecule has 1 aliphatic carbocycles. The molecule has 0 aliphatic heterocycles. The average Bonchev–Trinajstić information content (AvgIpc) is 2.29. The lowest BCUT2D eigenvalue weighted by molar-refractivity contribution is 0.162. The highest BCUT2D eigenvalue weighted by atomic mass is 16.4. The van der Waals surface area contributed by atoms with Crippen LogP contribution in [0, 0.1) is 5.92 Å².